The Morgan fingerprint density at radius 3 is 1.38 bits per heavy atom. The van der Waals surface area contributed by atoms with Gasteiger partial charge in [-0.15, -0.1) is 0 Å². The van der Waals surface area contributed by atoms with Gasteiger partial charge < -0.3 is 4.57 Å². The van der Waals surface area contributed by atoms with Gasteiger partial charge in [0.2, 0.25) is 0 Å². The van der Waals surface area contributed by atoms with Crippen LogP contribution in [0.5, 0.6) is 0 Å². The van der Waals surface area contributed by atoms with Crippen LogP contribution < -0.4 is 0 Å². The highest BCUT2D eigenvalue weighted by molar-refractivity contribution is 6.24. The molecule has 0 fully saturated rings. The van der Waals surface area contributed by atoms with Crippen molar-refractivity contribution in [3.8, 4) is 33.9 Å². The van der Waals surface area contributed by atoms with E-state index < -0.39 is 0 Å². The summed E-state index contributed by atoms with van der Waals surface area (Å²) in [4.78, 5) is 5.39. The summed E-state index contributed by atoms with van der Waals surface area (Å²) >= 11 is 0. The summed E-state index contributed by atoms with van der Waals surface area (Å²) in [5.41, 5.74) is 10.3. The molecule has 2 heterocycles. The summed E-state index contributed by atoms with van der Waals surface area (Å²) in [6.07, 6.45) is 0. The van der Waals surface area contributed by atoms with Crippen molar-refractivity contribution in [2.24, 2.45) is 0 Å². The molecule has 0 aliphatic carbocycles. The van der Waals surface area contributed by atoms with Gasteiger partial charge >= 0.3 is 0 Å². The molecule has 0 saturated heterocycles. The zero-order valence-electron chi connectivity index (χ0n) is 26.1. The van der Waals surface area contributed by atoms with Crippen molar-refractivity contribution in [2.75, 3.05) is 0 Å². The van der Waals surface area contributed by atoms with Gasteiger partial charge in [-0.3, -0.25) is 4.57 Å². The third kappa shape index (κ3) is 3.98. The molecule has 224 valence electrons. The maximum atomic E-state index is 5.39. The molecule has 10 rings (SSSR count). The van der Waals surface area contributed by atoms with Gasteiger partial charge in [0.25, 0.3) is 0 Å². The number of imidazole rings is 1. The number of hydrogen-bond donors (Lipinski definition) is 0. The molecule has 0 radical (unpaired) electrons. The Kier molecular flexibility index (Phi) is 5.87. The number of para-hydroxylation sites is 3. The van der Waals surface area contributed by atoms with Crippen LogP contribution in [0.1, 0.15) is 0 Å². The van der Waals surface area contributed by atoms with Crippen LogP contribution >= 0.6 is 0 Å². The Labute approximate surface area is 277 Å². The van der Waals surface area contributed by atoms with E-state index in [1.807, 2.05) is 0 Å². The predicted octanol–water partition coefficient (Wildman–Crippen LogP) is 11.8. The first-order valence-corrected chi connectivity index (χ1v) is 16.4. The summed E-state index contributed by atoms with van der Waals surface area (Å²) in [5, 5.41) is 7.38. The number of benzene rings is 8. The maximum Gasteiger partial charge on any atom is 0.145 e. The molecule has 10 aromatic rings. The van der Waals surface area contributed by atoms with Crippen LogP contribution in [0.25, 0.3) is 88.3 Å². The Hall–Kier alpha value is -6.45. The first kappa shape index (κ1) is 26.7. The van der Waals surface area contributed by atoms with Crippen LogP contribution in [-0.2, 0) is 0 Å². The van der Waals surface area contributed by atoms with Crippen LogP contribution in [0.15, 0.2) is 176 Å². The second kappa shape index (κ2) is 10.5. The molecule has 0 aliphatic heterocycles. The van der Waals surface area contributed by atoms with Crippen molar-refractivity contribution in [3.05, 3.63) is 176 Å². The fraction of sp³-hybridized carbons (Fsp3) is 0. The monoisotopic (exact) mass is 611 g/mol. The largest absolute Gasteiger partial charge is 0.309 e. The number of fused-ring (bicyclic) bond motifs is 9. The van der Waals surface area contributed by atoms with E-state index in [0.29, 0.717) is 0 Å². The quantitative estimate of drug-likeness (QED) is 0.182. The predicted molar refractivity (Wildman–Crippen MR) is 201 cm³/mol. The number of rotatable bonds is 4. The van der Waals surface area contributed by atoms with Crippen LogP contribution in [-0.4, -0.2) is 14.1 Å². The topological polar surface area (TPSA) is 22.8 Å². The highest BCUT2D eigenvalue weighted by Gasteiger charge is 2.20. The van der Waals surface area contributed by atoms with Gasteiger partial charge in [0.1, 0.15) is 5.82 Å². The molecule has 0 aliphatic rings. The Morgan fingerprint density at radius 2 is 0.750 bits per heavy atom. The van der Waals surface area contributed by atoms with E-state index in [-0.39, 0.29) is 0 Å². The zero-order valence-corrected chi connectivity index (χ0v) is 26.1. The standard InChI is InChI=1S/C45H29N3/c1-2-12-33(13-3-1)48-44-40-19-7-5-15-36(40)35-14-4-6-18-39(35)43(44)46-45(48)32-24-22-30(23-25-32)31-26-28-34(29-27-31)47-41-20-10-8-16-37(41)38-17-9-11-21-42(38)47/h1-29H. The minimum atomic E-state index is 0.936. The normalized spacial score (nSPS) is 11.8. The van der Waals surface area contributed by atoms with Crippen molar-refractivity contribution in [1.29, 1.82) is 0 Å². The third-order valence-corrected chi connectivity index (χ3v) is 9.73. The lowest BCUT2D eigenvalue weighted by Gasteiger charge is -2.13. The third-order valence-electron chi connectivity index (χ3n) is 9.73. The molecule has 2 aromatic heterocycles. The van der Waals surface area contributed by atoms with Crippen LogP contribution in [0.3, 0.4) is 0 Å². The van der Waals surface area contributed by atoms with Crippen LogP contribution in [0, 0.1) is 0 Å². The summed E-state index contributed by atoms with van der Waals surface area (Å²) in [6, 6.07) is 63.0. The zero-order chi connectivity index (χ0) is 31.6. The van der Waals surface area contributed by atoms with E-state index in [2.05, 4.69) is 185 Å². The molecular weight excluding hydrogens is 583 g/mol. The Balaban J connectivity index is 1.10. The van der Waals surface area contributed by atoms with Gasteiger partial charge in [-0.2, -0.15) is 0 Å². The highest BCUT2D eigenvalue weighted by Crippen LogP contribution is 2.39. The average Bonchev–Trinajstić information content (AvgIpc) is 3.73. The van der Waals surface area contributed by atoms with Crippen molar-refractivity contribution >= 4 is 54.4 Å². The number of aromatic nitrogens is 3. The summed E-state index contributed by atoms with van der Waals surface area (Å²) in [7, 11) is 0. The Morgan fingerprint density at radius 1 is 0.312 bits per heavy atom. The van der Waals surface area contributed by atoms with Gasteiger partial charge in [-0.1, -0.05) is 140 Å². The van der Waals surface area contributed by atoms with E-state index in [1.54, 1.807) is 0 Å². The lowest BCUT2D eigenvalue weighted by atomic mass is 10.00. The lowest BCUT2D eigenvalue weighted by molar-refractivity contribution is 1.11. The Bertz CT molecular complexity index is 2750. The SMILES string of the molecule is c1ccc(-n2c(-c3ccc(-c4ccc(-n5c6ccccc6c6ccccc65)cc4)cc3)nc3c4ccccc4c4ccccc4c32)cc1. The van der Waals surface area contributed by atoms with Crippen molar-refractivity contribution in [2.45, 2.75) is 0 Å². The molecular formula is C45H29N3. The first-order valence-electron chi connectivity index (χ1n) is 16.4. The summed E-state index contributed by atoms with van der Waals surface area (Å²) in [5.74, 6) is 0.936. The molecule has 0 bridgehead atoms. The molecule has 0 N–H and O–H groups in total. The molecule has 0 atom stereocenters. The van der Waals surface area contributed by atoms with E-state index in [0.717, 1.165) is 33.8 Å². The number of hydrogen-bond acceptors (Lipinski definition) is 1. The maximum absolute atomic E-state index is 5.39. The minimum Gasteiger partial charge on any atom is -0.309 e. The van der Waals surface area contributed by atoms with Gasteiger partial charge in [0, 0.05) is 38.5 Å². The van der Waals surface area contributed by atoms with Crippen LogP contribution in [0.4, 0.5) is 0 Å². The summed E-state index contributed by atoms with van der Waals surface area (Å²) < 4.78 is 4.69. The molecule has 3 nitrogen and oxygen atoms in total. The fourth-order valence-electron chi connectivity index (χ4n) is 7.54. The summed E-state index contributed by atoms with van der Waals surface area (Å²) in [6.45, 7) is 0. The number of nitrogens with zero attached hydrogens (tertiary/aromatic N) is 3. The van der Waals surface area contributed by atoms with Crippen molar-refractivity contribution < 1.29 is 0 Å². The van der Waals surface area contributed by atoms with E-state index in [9.17, 15) is 0 Å². The van der Waals surface area contributed by atoms with Gasteiger partial charge in [-0.25, -0.2) is 4.98 Å². The molecule has 48 heavy (non-hydrogen) atoms. The minimum absolute atomic E-state index is 0.936. The second-order valence-electron chi connectivity index (χ2n) is 12.4. The molecule has 0 unspecified atom stereocenters. The molecule has 0 spiro atoms. The van der Waals surface area contributed by atoms with E-state index in [1.165, 1.54) is 54.5 Å². The average molecular weight is 612 g/mol. The van der Waals surface area contributed by atoms with Crippen molar-refractivity contribution in [3.63, 3.8) is 0 Å². The molecule has 0 saturated carbocycles. The fourth-order valence-corrected chi connectivity index (χ4v) is 7.54. The van der Waals surface area contributed by atoms with E-state index in [4.69, 9.17) is 4.98 Å². The van der Waals surface area contributed by atoms with E-state index >= 15 is 0 Å². The highest BCUT2D eigenvalue weighted by atomic mass is 15.1. The smallest absolute Gasteiger partial charge is 0.145 e. The second-order valence-corrected chi connectivity index (χ2v) is 12.4. The molecule has 0 amide bonds. The van der Waals surface area contributed by atoms with Gasteiger partial charge in [0.05, 0.1) is 22.1 Å². The molecule has 3 heteroatoms. The lowest BCUT2D eigenvalue weighted by Crippen LogP contribution is -1.98. The van der Waals surface area contributed by atoms with Gasteiger partial charge in [-0.05, 0) is 58.3 Å². The molecule has 8 aromatic carbocycles. The first-order chi connectivity index (χ1) is 23.8. The van der Waals surface area contributed by atoms with Crippen molar-refractivity contribution in [1.82, 2.24) is 14.1 Å². The van der Waals surface area contributed by atoms with Crippen LogP contribution in [0.2, 0.25) is 0 Å². The van der Waals surface area contributed by atoms with Gasteiger partial charge in [0.15, 0.2) is 0 Å².